The Morgan fingerprint density at radius 1 is 1.26 bits per heavy atom. The zero-order valence-corrected chi connectivity index (χ0v) is 11.0. The van der Waals surface area contributed by atoms with Gasteiger partial charge in [0.05, 0.1) is 34.8 Å². The summed E-state index contributed by atoms with van der Waals surface area (Å²) in [7, 11) is 0. The molecule has 1 N–H and O–H groups in total. The minimum Gasteiger partial charge on any atom is -0.309 e. The van der Waals surface area contributed by atoms with Crippen LogP contribution in [0.3, 0.4) is 0 Å². The summed E-state index contributed by atoms with van der Waals surface area (Å²) in [6.07, 6.45) is 5.68. The summed E-state index contributed by atoms with van der Waals surface area (Å²) in [4.78, 5) is 8.76. The number of rotatable bonds is 2. The Balaban J connectivity index is 1.87. The van der Waals surface area contributed by atoms with Crippen LogP contribution in [0, 0.1) is 5.82 Å². The van der Waals surface area contributed by atoms with Crippen LogP contribution in [-0.2, 0) is 0 Å². The van der Waals surface area contributed by atoms with Crippen molar-refractivity contribution in [1.29, 1.82) is 0 Å². The molecule has 0 aliphatic carbocycles. The standard InChI is InChI=1S/C14H13ClFN3/c15-10-4-3-9(6-11(10)16)13-7-19-14(8-18-13)12-2-1-5-17-12/h3-4,6-8,12,17H,1-2,5H2. The van der Waals surface area contributed by atoms with Crippen LogP contribution in [0.4, 0.5) is 4.39 Å². The topological polar surface area (TPSA) is 37.8 Å². The lowest BCUT2D eigenvalue weighted by Crippen LogP contribution is -2.14. The van der Waals surface area contributed by atoms with E-state index in [0.29, 0.717) is 17.3 Å². The van der Waals surface area contributed by atoms with Gasteiger partial charge in [-0.25, -0.2) is 4.39 Å². The van der Waals surface area contributed by atoms with Crippen LogP contribution in [0.1, 0.15) is 24.6 Å². The van der Waals surface area contributed by atoms with Crippen molar-refractivity contribution in [2.45, 2.75) is 18.9 Å². The first-order valence-electron chi connectivity index (χ1n) is 6.25. The summed E-state index contributed by atoms with van der Waals surface area (Å²) < 4.78 is 13.4. The summed E-state index contributed by atoms with van der Waals surface area (Å²) in [5.41, 5.74) is 2.27. The van der Waals surface area contributed by atoms with Crippen molar-refractivity contribution in [3.63, 3.8) is 0 Å². The maximum Gasteiger partial charge on any atom is 0.142 e. The molecule has 3 rings (SSSR count). The second kappa shape index (κ2) is 5.23. The van der Waals surface area contributed by atoms with Gasteiger partial charge in [-0.15, -0.1) is 0 Å². The molecule has 98 valence electrons. The van der Waals surface area contributed by atoms with Crippen molar-refractivity contribution < 1.29 is 4.39 Å². The highest BCUT2D eigenvalue weighted by Gasteiger charge is 2.17. The van der Waals surface area contributed by atoms with E-state index in [-0.39, 0.29) is 5.02 Å². The highest BCUT2D eigenvalue weighted by atomic mass is 35.5. The molecule has 0 saturated carbocycles. The number of aromatic nitrogens is 2. The second-order valence-electron chi connectivity index (χ2n) is 4.60. The molecule has 2 aromatic rings. The maximum atomic E-state index is 13.4. The third-order valence-electron chi connectivity index (χ3n) is 3.30. The van der Waals surface area contributed by atoms with Gasteiger partial charge in [0, 0.05) is 5.56 Å². The van der Waals surface area contributed by atoms with Gasteiger partial charge in [-0.3, -0.25) is 9.97 Å². The molecule has 3 nitrogen and oxygen atoms in total. The van der Waals surface area contributed by atoms with E-state index in [2.05, 4.69) is 15.3 Å². The fraction of sp³-hybridized carbons (Fsp3) is 0.286. The molecule has 19 heavy (non-hydrogen) atoms. The molecule has 1 aromatic carbocycles. The largest absolute Gasteiger partial charge is 0.309 e. The van der Waals surface area contributed by atoms with Crippen molar-refractivity contribution in [3.05, 3.63) is 47.1 Å². The number of hydrogen-bond donors (Lipinski definition) is 1. The molecule has 1 aliphatic rings. The Morgan fingerprint density at radius 2 is 2.16 bits per heavy atom. The minimum atomic E-state index is -0.442. The van der Waals surface area contributed by atoms with E-state index >= 15 is 0 Å². The van der Waals surface area contributed by atoms with Gasteiger partial charge in [0.25, 0.3) is 0 Å². The van der Waals surface area contributed by atoms with E-state index in [1.165, 1.54) is 12.1 Å². The molecule has 0 bridgehead atoms. The fourth-order valence-electron chi connectivity index (χ4n) is 2.26. The molecule has 1 fully saturated rings. The number of nitrogens with zero attached hydrogens (tertiary/aromatic N) is 2. The first kappa shape index (κ1) is 12.5. The van der Waals surface area contributed by atoms with Crippen LogP contribution >= 0.6 is 11.6 Å². The predicted molar refractivity (Wildman–Crippen MR) is 72.4 cm³/mol. The third kappa shape index (κ3) is 2.60. The quantitative estimate of drug-likeness (QED) is 0.915. The summed E-state index contributed by atoms with van der Waals surface area (Å²) in [6, 6.07) is 4.94. The van der Waals surface area contributed by atoms with Crippen LogP contribution in [0.2, 0.25) is 5.02 Å². The molecule has 1 saturated heterocycles. The minimum absolute atomic E-state index is 0.114. The second-order valence-corrected chi connectivity index (χ2v) is 5.01. The van der Waals surface area contributed by atoms with Crippen molar-refractivity contribution in [1.82, 2.24) is 15.3 Å². The predicted octanol–water partition coefficient (Wildman–Crippen LogP) is 3.36. The smallest absolute Gasteiger partial charge is 0.142 e. The lowest BCUT2D eigenvalue weighted by molar-refractivity contribution is 0.624. The van der Waals surface area contributed by atoms with E-state index < -0.39 is 5.82 Å². The van der Waals surface area contributed by atoms with Crippen LogP contribution in [-0.4, -0.2) is 16.5 Å². The fourth-order valence-corrected chi connectivity index (χ4v) is 2.38. The van der Waals surface area contributed by atoms with Gasteiger partial charge >= 0.3 is 0 Å². The van der Waals surface area contributed by atoms with Crippen molar-refractivity contribution >= 4 is 11.6 Å². The molecule has 0 spiro atoms. The number of nitrogens with one attached hydrogen (secondary N) is 1. The molecular formula is C14H13ClFN3. The lowest BCUT2D eigenvalue weighted by atomic mass is 10.1. The molecule has 2 heterocycles. The Kier molecular flexibility index (Phi) is 3.44. The van der Waals surface area contributed by atoms with Gasteiger partial charge in [0.2, 0.25) is 0 Å². The number of halogens is 2. The zero-order chi connectivity index (χ0) is 13.2. The van der Waals surface area contributed by atoms with E-state index in [1.54, 1.807) is 18.5 Å². The maximum absolute atomic E-state index is 13.4. The van der Waals surface area contributed by atoms with Gasteiger partial charge in [-0.1, -0.05) is 17.7 Å². The van der Waals surface area contributed by atoms with Gasteiger partial charge in [0.1, 0.15) is 5.82 Å². The van der Waals surface area contributed by atoms with E-state index in [1.807, 2.05) is 0 Å². The lowest BCUT2D eigenvalue weighted by Gasteiger charge is -2.09. The summed E-state index contributed by atoms with van der Waals surface area (Å²) in [6.45, 7) is 1.02. The van der Waals surface area contributed by atoms with Crippen molar-refractivity contribution in [3.8, 4) is 11.3 Å². The van der Waals surface area contributed by atoms with Crippen LogP contribution < -0.4 is 5.32 Å². The zero-order valence-electron chi connectivity index (χ0n) is 10.2. The normalized spacial score (nSPS) is 18.7. The van der Waals surface area contributed by atoms with E-state index in [9.17, 15) is 4.39 Å². The van der Waals surface area contributed by atoms with E-state index in [0.717, 1.165) is 25.1 Å². The molecule has 0 radical (unpaired) electrons. The van der Waals surface area contributed by atoms with Crippen molar-refractivity contribution in [2.75, 3.05) is 6.54 Å². The molecule has 1 aromatic heterocycles. The van der Waals surface area contributed by atoms with Gasteiger partial charge in [-0.05, 0) is 31.5 Å². The van der Waals surface area contributed by atoms with Gasteiger partial charge < -0.3 is 5.32 Å². The molecule has 5 heteroatoms. The van der Waals surface area contributed by atoms with Gasteiger partial charge in [0.15, 0.2) is 0 Å². The van der Waals surface area contributed by atoms with Crippen LogP contribution in [0.5, 0.6) is 0 Å². The Bertz CT molecular complexity index is 580. The number of benzene rings is 1. The van der Waals surface area contributed by atoms with Crippen molar-refractivity contribution in [2.24, 2.45) is 0 Å². The third-order valence-corrected chi connectivity index (χ3v) is 3.61. The highest BCUT2D eigenvalue weighted by molar-refractivity contribution is 6.30. The SMILES string of the molecule is Fc1cc(-c2cnc(C3CCCN3)cn2)ccc1Cl. The van der Waals surface area contributed by atoms with Crippen LogP contribution in [0.15, 0.2) is 30.6 Å². The van der Waals surface area contributed by atoms with Gasteiger partial charge in [-0.2, -0.15) is 0 Å². The van der Waals surface area contributed by atoms with E-state index in [4.69, 9.17) is 11.6 Å². The molecular weight excluding hydrogens is 265 g/mol. The Hall–Kier alpha value is -1.52. The molecule has 1 aliphatic heterocycles. The highest BCUT2D eigenvalue weighted by Crippen LogP contribution is 2.24. The molecule has 0 amide bonds. The molecule has 1 atom stereocenters. The summed E-state index contributed by atoms with van der Waals surface area (Å²) in [5.74, 6) is -0.442. The summed E-state index contributed by atoms with van der Waals surface area (Å²) >= 11 is 5.66. The number of hydrogen-bond acceptors (Lipinski definition) is 3. The first-order valence-corrected chi connectivity index (χ1v) is 6.62. The Labute approximate surface area is 115 Å². The average Bonchev–Trinajstić information content (AvgIpc) is 2.96. The average molecular weight is 278 g/mol. The Morgan fingerprint density at radius 3 is 2.79 bits per heavy atom. The molecule has 1 unspecified atom stereocenters. The summed E-state index contributed by atoms with van der Waals surface area (Å²) in [5, 5.41) is 3.48. The monoisotopic (exact) mass is 277 g/mol. The van der Waals surface area contributed by atoms with Crippen LogP contribution in [0.25, 0.3) is 11.3 Å². The first-order chi connectivity index (χ1) is 9.24.